The number of fused-ring (bicyclic) bond motifs is 3. The number of ketones is 1. The minimum Gasteiger partial charge on any atom is -0.372 e. The van der Waals surface area contributed by atoms with E-state index in [4.69, 9.17) is 0 Å². The molecule has 0 saturated carbocycles. The number of hydrogen-bond acceptors (Lipinski definition) is 10. The second-order valence-electron chi connectivity index (χ2n) is 19.0. The Morgan fingerprint density at radius 3 is 2.38 bits per heavy atom. The number of likely N-dealkylation sites (tertiary alicyclic amines) is 1. The molecule has 0 aliphatic carbocycles. The van der Waals surface area contributed by atoms with E-state index in [0.717, 1.165) is 97.5 Å². The third-order valence-corrected chi connectivity index (χ3v) is 16.4. The summed E-state index contributed by atoms with van der Waals surface area (Å²) in [7, 11) is -4.35. The number of aromatic amines is 1. The van der Waals surface area contributed by atoms with Gasteiger partial charge in [0, 0.05) is 123 Å². The Morgan fingerprint density at radius 2 is 1.63 bits per heavy atom. The number of pyridine rings is 1. The number of benzene rings is 3. The van der Waals surface area contributed by atoms with Gasteiger partial charge in [-0.15, -0.1) is 0 Å². The molecule has 6 aliphatic heterocycles. The fraction of sp³-hybridized carbons (Fsp3) is 0.408. The van der Waals surface area contributed by atoms with Crippen molar-refractivity contribution in [2.75, 3.05) is 66.9 Å². The third kappa shape index (κ3) is 8.06. The standard InChI is InChI=1S/C49H50F3N9O6S/c50-33-13-18-59(27-33)68(66,67)56-40-8-7-39(51)44(45(40)52)46(63)38-22-54-47-37(38)20-30(21-53-47)29-1-3-34(4-2-29)60-26-32-24-57(15-14-41(32)60)23-28-11-16-58(17-12-28)35-5-6-36-31(19-35)25-61(49(36)65)42-9-10-43(62)55-48(42)64/h1-8,19-22,28,32-33,41-42,56H,9-18,23-27H2,(H,53,54)(H,55,62,64)/t32-,33+,41-,42?/m0/s1. The van der Waals surface area contributed by atoms with E-state index < -0.39 is 57.0 Å². The molecule has 19 heteroatoms. The van der Waals surface area contributed by atoms with Crippen LogP contribution < -0.4 is 19.8 Å². The van der Waals surface area contributed by atoms with Crippen LogP contribution in [0.1, 0.15) is 70.4 Å². The summed E-state index contributed by atoms with van der Waals surface area (Å²) < 4.78 is 73.2. The van der Waals surface area contributed by atoms with E-state index in [1.807, 2.05) is 29.0 Å². The van der Waals surface area contributed by atoms with Gasteiger partial charge in [-0.1, -0.05) is 12.1 Å². The lowest BCUT2D eigenvalue weighted by atomic mass is 9.81. The number of anilines is 3. The number of carbonyl (C=O) groups is 4. The van der Waals surface area contributed by atoms with Crippen molar-refractivity contribution in [1.82, 2.24) is 29.4 Å². The highest BCUT2D eigenvalue weighted by atomic mass is 32.2. The van der Waals surface area contributed by atoms with Crippen LogP contribution >= 0.6 is 0 Å². The monoisotopic (exact) mass is 949 g/mol. The van der Waals surface area contributed by atoms with Gasteiger partial charge in [0.2, 0.25) is 17.6 Å². The lowest BCUT2D eigenvalue weighted by Gasteiger charge is -2.55. The van der Waals surface area contributed by atoms with Gasteiger partial charge in [-0.3, -0.25) is 29.2 Å². The highest BCUT2D eigenvalue weighted by Gasteiger charge is 2.43. The quantitative estimate of drug-likeness (QED) is 0.112. The van der Waals surface area contributed by atoms with Gasteiger partial charge in [-0.25, -0.2) is 18.2 Å². The second kappa shape index (κ2) is 17.3. The van der Waals surface area contributed by atoms with Crippen molar-refractivity contribution in [1.29, 1.82) is 0 Å². The largest absolute Gasteiger partial charge is 0.372 e. The molecule has 5 fully saturated rings. The highest BCUT2D eigenvalue weighted by molar-refractivity contribution is 7.90. The summed E-state index contributed by atoms with van der Waals surface area (Å²) in [6.07, 6.45) is 5.48. The summed E-state index contributed by atoms with van der Waals surface area (Å²) in [6.45, 7) is 5.94. The maximum atomic E-state index is 15.8. The molecule has 0 bridgehead atoms. The SMILES string of the molecule is O=C1CCC(N2Cc3cc(N4CCC(CN5CC[C@H]6[C@@H](C5)CN6c5ccc(-c6cnc7[nH]cc(C(=O)c8c(F)ccc(NS(=O)(=O)N9CC[C@@H](F)C9)c8F)c7c6)cc5)CC4)ccc3C2=O)C(=O)N1. The van der Waals surface area contributed by atoms with E-state index in [9.17, 15) is 32.0 Å². The molecule has 3 amide bonds. The molecule has 5 saturated heterocycles. The molecule has 3 aromatic carbocycles. The molecule has 2 aromatic heterocycles. The molecule has 6 aliphatic rings. The number of halogens is 3. The first-order valence-electron chi connectivity index (χ1n) is 23.3. The normalized spacial score (nSPS) is 23.8. The number of hydrogen-bond donors (Lipinski definition) is 3. The number of carbonyl (C=O) groups excluding carboxylic acids is 4. The van der Waals surface area contributed by atoms with Gasteiger partial charge in [0.05, 0.1) is 11.3 Å². The van der Waals surface area contributed by atoms with Gasteiger partial charge in [0.15, 0.2) is 5.82 Å². The van der Waals surface area contributed by atoms with Crippen LogP contribution in [0.3, 0.4) is 0 Å². The van der Waals surface area contributed by atoms with E-state index in [-0.39, 0.29) is 43.3 Å². The molecule has 0 radical (unpaired) electrons. The van der Waals surface area contributed by atoms with Crippen LogP contribution in [0, 0.1) is 23.5 Å². The molecular formula is C49H50F3N9O6S. The first-order valence-corrected chi connectivity index (χ1v) is 24.8. The topological polar surface area (TPSA) is 171 Å². The van der Waals surface area contributed by atoms with Gasteiger partial charge in [0.1, 0.15) is 23.7 Å². The smallest absolute Gasteiger partial charge is 0.301 e. The maximum Gasteiger partial charge on any atom is 0.301 e. The van der Waals surface area contributed by atoms with Gasteiger partial charge < -0.3 is 24.6 Å². The molecule has 0 spiro atoms. The summed E-state index contributed by atoms with van der Waals surface area (Å²) in [5.41, 5.74) is 4.06. The van der Waals surface area contributed by atoms with E-state index >= 15 is 8.78 Å². The molecule has 354 valence electrons. The molecule has 15 nitrogen and oxygen atoms in total. The Bertz CT molecular complexity index is 2980. The molecule has 5 aromatic rings. The second-order valence-corrected chi connectivity index (χ2v) is 20.7. The van der Waals surface area contributed by atoms with E-state index in [1.54, 1.807) is 17.2 Å². The first-order chi connectivity index (χ1) is 32.8. The van der Waals surface area contributed by atoms with Crippen LogP contribution in [0.25, 0.3) is 22.2 Å². The van der Waals surface area contributed by atoms with Crippen molar-refractivity contribution >= 4 is 61.8 Å². The average molecular weight is 950 g/mol. The Kier molecular flexibility index (Phi) is 11.3. The summed E-state index contributed by atoms with van der Waals surface area (Å²) in [5, 5.41) is 2.71. The summed E-state index contributed by atoms with van der Waals surface area (Å²) >= 11 is 0. The maximum absolute atomic E-state index is 15.8. The van der Waals surface area contributed by atoms with E-state index in [0.29, 0.717) is 53.0 Å². The van der Waals surface area contributed by atoms with Crippen molar-refractivity contribution < 1.29 is 40.8 Å². The number of imide groups is 1. The molecular weight excluding hydrogens is 900 g/mol. The highest BCUT2D eigenvalue weighted by Crippen LogP contribution is 2.39. The first kappa shape index (κ1) is 44.2. The molecule has 11 rings (SSSR count). The lowest BCUT2D eigenvalue weighted by Crippen LogP contribution is -2.64. The van der Waals surface area contributed by atoms with Crippen LogP contribution in [0.2, 0.25) is 0 Å². The van der Waals surface area contributed by atoms with E-state index in [1.165, 1.54) is 6.20 Å². The minimum absolute atomic E-state index is 0.00552. The number of piperidine rings is 3. The van der Waals surface area contributed by atoms with Crippen molar-refractivity contribution in [2.45, 2.75) is 63.3 Å². The predicted molar refractivity (Wildman–Crippen MR) is 248 cm³/mol. The minimum atomic E-state index is -4.35. The number of nitrogens with zero attached hydrogens (tertiary/aromatic N) is 6. The van der Waals surface area contributed by atoms with Crippen LogP contribution in [0.4, 0.5) is 30.2 Å². The van der Waals surface area contributed by atoms with Gasteiger partial charge in [-0.05, 0) is 97.7 Å². The molecule has 68 heavy (non-hydrogen) atoms. The average Bonchev–Trinajstić information content (AvgIpc) is 4.05. The van der Waals surface area contributed by atoms with Crippen LogP contribution in [0.15, 0.2) is 73.1 Å². The number of H-pyrrole nitrogens is 1. The number of aromatic nitrogens is 2. The van der Waals surface area contributed by atoms with Crippen LogP contribution in [-0.4, -0.2) is 127 Å². The summed E-state index contributed by atoms with van der Waals surface area (Å²) in [4.78, 5) is 67.6. The van der Waals surface area contributed by atoms with Gasteiger partial charge in [-0.2, -0.15) is 12.7 Å². The number of alkyl halides is 1. The zero-order chi connectivity index (χ0) is 47.0. The Labute approximate surface area is 390 Å². The van der Waals surface area contributed by atoms with Gasteiger partial charge in [0.25, 0.3) is 5.91 Å². The van der Waals surface area contributed by atoms with Crippen molar-refractivity contribution in [3.63, 3.8) is 0 Å². The van der Waals surface area contributed by atoms with Gasteiger partial charge >= 0.3 is 10.2 Å². The van der Waals surface area contributed by atoms with Crippen LogP contribution in [0.5, 0.6) is 0 Å². The lowest BCUT2D eigenvalue weighted by molar-refractivity contribution is -0.136. The Morgan fingerprint density at radius 1 is 0.838 bits per heavy atom. The zero-order valence-corrected chi connectivity index (χ0v) is 37.9. The fourth-order valence-electron chi connectivity index (χ4n) is 11.2. The third-order valence-electron chi connectivity index (χ3n) is 14.9. The zero-order valence-electron chi connectivity index (χ0n) is 37.1. The number of nitrogens with one attached hydrogen (secondary N) is 3. The summed E-state index contributed by atoms with van der Waals surface area (Å²) in [5.74, 6) is -3.20. The fourth-order valence-corrected chi connectivity index (χ4v) is 12.4. The number of rotatable bonds is 11. The predicted octanol–water partition coefficient (Wildman–Crippen LogP) is 5.63. The molecule has 1 unspecified atom stereocenters. The van der Waals surface area contributed by atoms with Crippen molar-refractivity contribution in [2.24, 2.45) is 11.8 Å². The van der Waals surface area contributed by atoms with Crippen LogP contribution in [-0.2, 0) is 26.3 Å². The Balaban J connectivity index is 0.683. The Hall–Kier alpha value is -6.31. The number of amides is 3. The molecule has 8 heterocycles. The van der Waals surface area contributed by atoms with Crippen molar-refractivity contribution in [3.8, 4) is 11.1 Å². The van der Waals surface area contributed by atoms with Crippen molar-refractivity contribution in [3.05, 3.63) is 107 Å². The molecule has 4 atom stereocenters. The molecule has 3 N–H and O–H groups in total. The van der Waals surface area contributed by atoms with E-state index in [2.05, 4.69) is 48.2 Å². The summed E-state index contributed by atoms with van der Waals surface area (Å²) in [6, 6.07) is 17.4.